The minimum Gasteiger partial charge on any atom is -0.323 e. The summed E-state index contributed by atoms with van der Waals surface area (Å²) in [7, 11) is -3.68. The Morgan fingerprint density at radius 1 is 1.17 bits per heavy atom. The van der Waals surface area contributed by atoms with E-state index in [-0.39, 0.29) is 28.9 Å². The highest BCUT2D eigenvalue weighted by Gasteiger charge is 2.17. The summed E-state index contributed by atoms with van der Waals surface area (Å²) in [4.78, 5) is 3.80. The summed E-state index contributed by atoms with van der Waals surface area (Å²) in [6.07, 6.45) is 2.62. The highest BCUT2D eigenvalue weighted by molar-refractivity contribution is 7.89. The molecule has 132 valence electrons. The zero-order valence-electron chi connectivity index (χ0n) is 13.4. The minimum absolute atomic E-state index is 0. The predicted octanol–water partition coefficient (Wildman–Crippen LogP) is 3.26. The first kappa shape index (κ1) is 20.9. The fourth-order valence-electron chi connectivity index (χ4n) is 2.07. The molecule has 0 saturated carbocycles. The maximum absolute atomic E-state index is 12.2. The number of aromatic nitrogens is 1. The molecule has 0 spiro atoms. The van der Waals surface area contributed by atoms with Crippen LogP contribution in [0.4, 0.5) is 0 Å². The molecule has 3 N–H and O–H groups in total. The Bertz CT molecular complexity index is 765. The Labute approximate surface area is 154 Å². The molecule has 0 saturated heterocycles. The van der Waals surface area contributed by atoms with E-state index in [2.05, 4.69) is 23.6 Å². The van der Waals surface area contributed by atoms with Gasteiger partial charge < -0.3 is 5.73 Å². The van der Waals surface area contributed by atoms with Crippen molar-refractivity contribution in [2.45, 2.75) is 30.7 Å². The number of sulfonamides is 1. The number of hydrogen-bond donors (Lipinski definition) is 2. The van der Waals surface area contributed by atoms with Gasteiger partial charge in [-0.05, 0) is 23.1 Å². The van der Waals surface area contributed by atoms with E-state index in [1.165, 1.54) is 24.0 Å². The second-order valence-electron chi connectivity index (χ2n) is 5.62. The van der Waals surface area contributed by atoms with Crippen molar-refractivity contribution < 1.29 is 8.42 Å². The SMILES string of the molecule is CC(C)c1ccc(C(N)CNS(=O)(=O)c2cncc(Cl)c2)cc1.Cl. The molecule has 1 atom stereocenters. The van der Waals surface area contributed by atoms with Crippen LogP contribution in [0.1, 0.15) is 36.9 Å². The van der Waals surface area contributed by atoms with Gasteiger partial charge in [-0.15, -0.1) is 12.4 Å². The maximum atomic E-state index is 12.2. The first-order chi connectivity index (χ1) is 10.8. The van der Waals surface area contributed by atoms with E-state index in [9.17, 15) is 8.42 Å². The number of halogens is 2. The van der Waals surface area contributed by atoms with Gasteiger partial charge in [0.15, 0.2) is 0 Å². The van der Waals surface area contributed by atoms with E-state index in [1.807, 2.05) is 24.3 Å². The molecule has 24 heavy (non-hydrogen) atoms. The summed E-state index contributed by atoms with van der Waals surface area (Å²) in [5.74, 6) is 0.439. The third kappa shape index (κ3) is 5.43. The topological polar surface area (TPSA) is 85.1 Å². The second-order valence-corrected chi connectivity index (χ2v) is 7.82. The van der Waals surface area contributed by atoms with E-state index < -0.39 is 16.1 Å². The van der Waals surface area contributed by atoms with E-state index in [0.717, 1.165) is 5.56 Å². The van der Waals surface area contributed by atoms with Gasteiger partial charge in [0.2, 0.25) is 10.0 Å². The molecule has 2 aromatic rings. The van der Waals surface area contributed by atoms with Crippen molar-refractivity contribution in [3.8, 4) is 0 Å². The van der Waals surface area contributed by atoms with Crippen LogP contribution in [0.5, 0.6) is 0 Å². The van der Waals surface area contributed by atoms with Crippen LogP contribution in [0.25, 0.3) is 0 Å². The van der Waals surface area contributed by atoms with Crippen molar-refractivity contribution in [3.05, 3.63) is 58.9 Å². The van der Waals surface area contributed by atoms with Gasteiger partial charge >= 0.3 is 0 Å². The van der Waals surface area contributed by atoms with Crippen molar-refractivity contribution in [1.82, 2.24) is 9.71 Å². The van der Waals surface area contributed by atoms with Crippen LogP contribution in [0.2, 0.25) is 5.02 Å². The van der Waals surface area contributed by atoms with Crippen LogP contribution in [0, 0.1) is 0 Å². The molecule has 8 heteroatoms. The van der Waals surface area contributed by atoms with Gasteiger partial charge in [-0.2, -0.15) is 0 Å². The fraction of sp³-hybridized carbons (Fsp3) is 0.312. The number of hydrogen-bond acceptors (Lipinski definition) is 4. The molecule has 0 amide bonds. The minimum atomic E-state index is -3.68. The molecule has 0 radical (unpaired) electrons. The summed E-state index contributed by atoms with van der Waals surface area (Å²) in [6.45, 7) is 4.32. The van der Waals surface area contributed by atoms with Crippen molar-refractivity contribution in [2.75, 3.05) is 6.54 Å². The fourth-order valence-corrected chi connectivity index (χ4v) is 3.35. The summed E-state index contributed by atoms with van der Waals surface area (Å²) in [5.41, 5.74) is 8.16. The molecule has 0 fully saturated rings. The average molecular weight is 390 g/mol. The van der Waals surface area contributed by atoms with Gasteiger partial charge in [-0.3, -0.25) is 4.98 Å². The van der Waals surface area contributed by atoms with Gasteiger partial charge in [-0.25, -0.2) is 13.1 Å². The lowest BCUT2D eigenvalue weighted by Gasteiger charge is -2.15. The van der Waals surface area contributed by atoms with Crippen molar-refractivity contribution >= 4 is 34.0 Å². The lowest BCUT2D eigenvalue weighted by Crippen LogP contribution is -2.32. The summed E-state index contributed by atoms with van der Waals surface area (Å²) in [5, 5.41) is 0.265. The van der Waals surface area contributed by atoms with Gasteiger partial charge in [0.05, 0.1) is 5.02 Å². The third-order valence-electron chi connectivity index (χ3n) is 3.51. The van der Waals surface area contributed by atoms with E-state index in [1.54, 1.807) is 0 Å². The van der Waals surface area contributed by atoms with Gasteiger partial charge in [0.1, 0.15) is 4.90 Å². The quantitative estimate of drug-likeness (QED) is 0.793. The molecule has 1 aromatic carbocycles. The van der Waals surface area contributed by atoms with Gasteiger partial charge in [0, 0.05) is 25.0 Å². The first-order valence-electron chi connectivity index (χ1n) is 7.25. The number of rotatable bonds is 6. The summed E-state index contributed by atoms with van der Waals surface area (Å²) < 4.78 is 26.9. The standard InChI is InChI=1S/C16H20ClN3O2S.ClH/c1-11(2)12-3-5-13(6-4-12)16(18)10-20-23(21,22)15-7-14(17)8-19-9-15;/h3-9,11,16,20H,10,18H2,1-2H3;1H. The smallest absolute Gasteiger partial charge is 0.242 e. The Morgan fingerprint density at radius 3 is 2.29 bits per heavy atom. The molecule has 0 aliphatic rings. The highest BCUT2D eigenvalue weighted by atomic mass is 35.5. The molecule has 0 bridgehead atoms. The van der Waals surface area contributed by atoms with Crippen LogP contribution in [0.3, 0.4) is 0 Å². The predicted molar refractivity (Wildman–Crippen MR) is 99.1 cm³/mol. The number of nitrogens with one attached hydrogen (secondary N) is 1. The number of nitrogens with two attached hydrogens (primary N) is 1. The van der Waals surface area contributed by atoms with Crippen molar-refractivity contribution in [1.29, 1.82) is 0 Å². The number of benzene rings is 1. The highest BCUT2D eigenvalue weighted by Crippen LogP contribution is 2.18. The zero-order valence-corrected chi connectivity index (χ0v) is 15.8. The van der Waals surface area contributed by atoms with Gasteiger partial charge in [-0.1, -0.05) is 49.7 Å². The normalized spacial score (nSPS) is 12.7. The molecule has 1 unspecified atom stereocenters. The lowest BCUT2D eigenvalue weighted by atomic mass is 9.99. The Kier molecular flexibility index (Phi) is 7.63. The largest absolute Gasteiger partial charge is 0.323 e. The molecular formula is C16H21Cl2N3O2S. The van der Waals surface area contributed by atoms with Crippen LogP contribution < -0.4 is 10.5 Å². The molecule has 1 aromatic heterocycles. The average Bonchev–Trinajstić information content (AvgIpc) is 2.53. The molecule has 0 aliphatic carbocycles. The second kappa shape index (κ2) is 8.78. The van der Waals surface area contributed by atoms with Crippen molar-refractivity contribution in [3.63, 3.8) is 0 Å². The Balaban J connectivity index is 0.00000288. The first-order valence-corrected chi connectivity index (χ1v) is 9.11. The molecule has 2 rings (SSSR count). The lowest BCUT2D eigenvalue weighted by molar-refractivity contribution is 0.572. The number of nitrogens with zero attached hydrogens (tertiary/aromatic N) is 1. The summed E-state index contributed by atoms with van der Waals surface area (Å²) >= 11 is 5.77. The molecule has 5 nitrogen and oxygen atoms in total. The van der Waals surface area contributed by atoms with Crippen LogP contribution >= 0.6 is 24.0 Å². The summed E-state index contributed by atoms with van der Waals surface area (Å²) in [6, 6.07) is 8.78. The molecule has 0 aliphatic heterocycles. The van der Waals surface area contributed by atoms with Crippen molar-refractivity contribution in [2.24, 2.45) is 5.73 Å². The van der Waals surface area contributed by atoms with Crippen LogP contribution in [-0.4, -0.2) is 19.9 Å². The maximum Gasteiger partial charge on any atom is 0.242 e. The zero-order chi connectivity index (χ0) is 17.0. The molecule has 1 heterocycles. The Hall–Kier alpha value is -1.18. The van der Waals surface area contributed by atoms with E-state index in [0.29, 0.717) is 5.92 Å². The van der Waals surface area contributed by atoms with E-state index >= 15 is 0 Å². The monoisotopic (exact) mass is 389 g/mol. The van der Waals surface area contributed by atoms with Crippen LogP contribution in [-0.2, 0) is 10.0 Å². The van der Waals surface area contributed by atoms with E-state index in [4.69, 9.17) is 17.3 Å². The Morgan fingerprint density at radius 2 is 1.75 bits per heavy atom. The number of pyridine rings is 1. The molecular weight excluding hydrogens is 369 g/mol. The van der Waals surface area contributed by atoms with Gasteiger partial charge in [0.25, 0.3) is 0 Å². The van der Waals surface area contributed by atoms with Crippen LogP contribution in [0.15, 0.2) is 47.6 Å². The third-order valence-corrected chi connectivity index (χ3v) is 5.11.